The van der Waals surface area contributed by atoms with Gasteiger partial charge < -0.3 is 0 Å². The summed E-state index contributed by atoms with van der Waals surface area (Å²) in [6.07, 6.45) is 5.45. The van der Waals surface area contributed by atoms with Crippen molar-refractivity contribution < 1.29 is 4.92 Å². The molecule has 0 radical (unpaired) electrons. The predicted molar refractivity (Wildman–Crippen MR) is 82.8 cm³/mol. The van der Waals surface area contributed by atoms with Crippen LogP contribution in [0, 0.1) is 14.9 Å². The van der Waals surface area contributed by atoms with Gasteiger partial charge in [-0.25, -0.2) is 0 Å². The summed E-state index contributed by atoms with van der Waals surface area (Å²) in [5.41, 5.74) is 0.566. The summed E-state index contributed by atoms with van der Waals surface area (Å²) >= 11 is 5.05. The summed E-state index contributed by atoms with van der Waals surface area (Å²) in [6.45, 7) is 1.94. The molecule has 0 saturated carbocycles. The Morgan fingerprint density at radius 1 is 1.52 bits per heavy atom. The summed E-state index contributed by atoms with van der Waals surface area (Å²) < 4.78 is 1.92. The van der Waals surface area contributed by atoms with Crippen LogP contribution in [0.25, 0.3) is 6.08 Å². The summed E-state index contributed by atoms with van der Waals surface area (Å²) in [4.78, 5) is 10.5. The standard InChI is InChI=1S/C13H13N5O2S/c1-2-12-15-16-13(21)17(12)14-9-5-7-10-6-3-4-8-11(10)18(19)20/h3-9H,2H2,1H3,(H,16,21). The first-order valence-electron chi connectivity index (χ1n) is 6.24. The monoisotopic (exact) mass is 303 g/mol. The lowest BCUT2D eigenvalue weighted by molar-refractivity contribution is -0.385. The van der Waals surface area contributed by atoms with Crippen LogP contribution >= 0.6 is 12.2 Å². The molecule has 2 aromatic rings. The third-order valence-electron chi connectivity index (χ3n) is 2.71. The number of nitro benzene ring substituents is 1. The zero-order chi connectivity index (χ0) is 15.2. The molecule has 7 nitrogen and oxygen atoms in total. The van der Waals surface area contributed by atoms with Crippen molar-refractivity contribution in [3.63, 3.8) is 0 Å². The van der Waals surface area contributed by atoms with Crippen molar-refractivity contribution in [1.82, 2.24) is 14.9 Å². The molecule has 0 fully saturated rings. The number of aryl methyl sites for hydroxylation is 1. The van der Waals surface area contributed by atoms with E-state index in [0.717, 1.165) is 5.82 Å². The number of allylic oxidation sites excluding steroid dienone is 1. The Balaban J connectivity index is 2.20. The molecular formula is C13H13N5O2S. The van der Waals surface area contributed by atoms with E-state index in [1.165, 1.54) is 17.0 Å². The Bertz CT molecular complexity index is 760. The van der Waals surface area contributed by atoms with Crippen LogP contribution in [0.4, 0.5) is 5.69 Å². The van der Waals surface area contributed by atoms with Crippen LogP contribution in [0.5, 0.6) is 0 Å². The first kappa shape index (κ1) is 14.8. The second kappa shape index (κ2) is 6.71. The average Bonchev–Trinajstić information content (AvgIpc) is 2.84. The lowest BCUT2D eigenvalue weighted by Gasteiger charge is -1.96. The van der Waals surface area contributed by atoms with Crippen molar-refractivity contribution in [3.8, 4) is 0 Å². The van der Waals surface area contributed by atoms with Crippen LogP contribution < -0.4 is 0 Å². The highest BCUT2D eigenvalue weighted by Gasteiger charge is 2.08. The second-order valence-electron chi connectivity index (χ2n) is 4.05. The number of H-pyrrole nitrogens is 1. The molecule has 8 heteroatoms. The lowest BCUT2D eigenvalue weighted by atomic mass is 10.2. The fourth-order valence-corrected chi connectivity index (χ4v) is 1.92. The molecule has 1 aromatic carbocycles. The topological polar surface area (TPSA) is 89.1 Å². The smallest absolute Gasteiger partial charge is 0.258 e. The number of rotatable bonds is 5. The number of aromatic nitrogens is 3. The fourth-order valence-electron chi connectivity index (χ4n) is 1.72. The Morgan fingerprint density at radius 3 is 3.00 bits per heavy atom. The van der Waals surface area contributed by atoms with Crippen LogP contribution in [0.15, 0.2) is 35.4 Å². The summed E-state index contributed by atoms with van der Waals surface area (Å²) in [5, 5.41) is 21.7. The van der Waals surface area contributed by atoms with E-state index in [9.17, 15) is 10.1 Å². The van der Waals surface area contributed by atoms with Gasteiger partial charge in [-0.3, -0.25) is 15.2 Å². The average molecular weight is 303 g/mol. The molecule has 1 heterocycles. The highest BCUT2D eigenvalue weighted by molar-refractivity contribution is 7.71. The van der Waals surface area contributed by atoms with Gasteiger partial charge in [0.1, 0.15) is 0 Å². The maximum absolute atomic E-state index is 10.9. The van der Waals surface area contributed by atoms with E-state index in [4.69, 9.17) is 12.2 Å². The van der Waals surface area contributed by atoms with Crippen molar-refractivity contribution in [3.05, 3.63) is 56.6 Å². The van der Waals surface area contributed by atoms with Gasteiger partial charge in [0.05, 0.1) is 10.5 Å². The number of hydrogen-bond acceptors (Lipinski definition) is 5. The third kappa shape index (κ3) is 3.48. The quantitative estimate of drug-likeness (QED) is 0.398. The highest BCUT2D eigenvalue weighted by atomic mass is 32.1. The van der Waals surface area contributed by atoms with Gasteiger partial charge >= 0.3 is 0 Å². The maximum Gasteiger partial charge on any atom is 0.276 e. The van der Waals surface area contributed by atoms with Gasteiger partial charge in [0.15, 0.2) is 5.82 Å². The van der Waals surface area contributed by atoms with Gasteiger partial charge in [-0.15, -0.1) is 0 Å². The van der Waals surface area contributed by atoms with E-state index in [1.54, 1.807) is 30.4 Å². The molecule has 0 unspecified atom stereocenters. The first-order chi connectivity index (χ1) is 10.1. The Labute approximate surface area is 125 Å². The molecule has 0 atom stereocenters. The third-order valence-corrected chi connectivity index (χ3v) is 2.98. The van der Waals surface area contributed by atoms with Crippen LogP contribution in [0.1, 0.15) is 18.3 Å². The molecule has 0 aliphatic carbocycles. The minimum Gasteiger partial charge on any atom is -0.258 e. The number of hydrogen-bond donors (Lipinski definition) is 1. The Morgan fingerprint density at radius 2 is 2.29 bits per heavy atom. The van der Waals surface area contributed by atoms with Crippen molar-refractivity contribution in [2.75, 3.05) is 0 Å². The van der Waals surface area contributed by atoms with Crippen LogP contribution in [0.3, 0.4) is 0 Å². The molecule has 0 aliphatic rings. The molecular weight excluding hydrogens is 290 g/mol. The largest absolute Gasteiger partial charge is 0.276 e. The van der Waals surface area contributed by atoms with E-state index < -0.39 is 4.92 Å². The van der Waals surface area contributed by atoms with Crippen molar-refractivity contribution >= 4 is 30.2 Å². The van der Waals surface area contributed by atoms with Crippen LogP contribution in [-0.2, 0) is 6.42 Å². The zero-order valence-corrected chi connectivity index (χ0v) is 12.1. The molecule has 0 bridgehead atoms. The van der Waals surface area contributed by atoms with Gasteiger partial charge in [0.2, 0.25) is 4.77 Å². The van der Waals surface area contributed by atoms with Gasteiger partial charge in [-0.2, -0.15) is 14.9 Å². The van der Waals surface area contributed by atoms with Crippen LogP contribution in [-0.4, -0.2) is 26.0 Å². The van der Waals surface area contributed by atoms with E-state index in [2.05, 4.69) is 15.3 Å². The van der Waals surface area contributed by atoms with E-state index >= 15 is 0 Å². The molecule has 21 heavy (non-hydrogen) atoms. The van der Waals surface area contributed by atoms with E-state index in [0.29, 0.717) is 16.8 Å². The van der Waals surface area contributed by atoms with Gasteiger partial charge in [0, 0.05) is 18.7 Å². The Kier molecular flexibility index (Phi) is 4.72. The molecule has 0 aliphatic heterocycles. The molecule has 0 saturated heterocycles. The van der Waals surface area contributed by atoms with Crippen LogP contribution in [0.2, 0.25) is 0 Å². The second-order valence-corrected chi connectivity index (χ2v) is 4.44. The van der Waals surface area contributed by atoms with Gasteiger partial charge in [-0.05, 0) is 30.4 Å². The molecule has 1 N–H and O–H groups in total. The summed E-state index contributed by atoms with van der Waals surface area (Å²) in [7, 11) is 0. The summed E-state index contributed by atoms with van der Waals surface area (Å²) in [5.74, 6) is 0.718. The molecule has 1 aromatic heterocycles. The lowest BCUT2D eigenvalue weighted by Crippen LogP contribution is -1.96. The minimum atomic E-state index is -0.418. The number of para-hydroxylation sites is 1. The predicted octanol–water partition coefficient (Wildman–Crippen LogP) is 2.96. The molecule has 0 amide bonds. The van der Waals surface area contributed by atoms with E-state index in [1.807, 2.05) is 6.92 Å². The number of nitro groups is 1. The Hall–Kier alpha value is -2.61. The zero-order valence-electron chi connectivity index (χ0n) is 11.3. The number of benzene rings is 1. The first-order valence-corrected chi connectivity index (χ1v) is 6.65. The molecule has 0 spiro atoms. The van der Waals surface area contributed by atoms with Crippen molar-refractivity contribution in [1.29, 1.82) is 0 Å². The normalized spacial score (nSPS) is 11.5. The molecule has 2 rings (SSSR count). The van der Waals surface area contributed by atoms with Gasteiger partial charge in [0.25, 0.3) is 5.69 Å². The van der Waals surface area contributed by atoms with Crippen molar-refractivity contribution in [2.45, 2.75) is 13.3 Å². The fraction of sp³-hybridized carbons (Fsp3) is 0.154. The van der Waals surface area contributed by atoms with Crippen molar-refractivity contribution in [2.24, 2.45) is 5.10 Å². The summed E-state index contributed by atoms with van der Waals surface area (Å²) in [6, 6.07) is 6.49. The number of nitrogens with zero attached hydrogens (tertiary/aromatic N) is 4. The maximum atomic E-state index is 10.9. The van der Waals surface area contributed by atoms with Gasteiger partial charge in [-0.1, -0.05) is 19.1 Å². The molecule has 108 valence electrons. The highest BCUT2D eigenvalue weighted by Crippen LogP contribution is 2.18. The SMILES string of the molecule is CCc1n[nH]c(=S)n1N=CC=Cc1ccccc1[N+](=O)[O-]. The minimum absolute atomic E-state index is 0.0521. The number of aromatic amines is 1. The van der Waals surface area contributed by atoms with E-state index in [-0.39, 0.29) is 5.69 Å². The number of nitrogens with one attached hydrogen (secondary N) is 1.